The van der Waals surface area contributed by atoms with Gasteiger partial charge in [0.2, 0.25) is 5.91 Å². The summed E-state index contributed by atoms with van der Waals surface area (Å²) in [6.07, 6.45) is 3.55. The van der Waals surface area contributed by atoms with Crippen molar-refractivity contribution in [2.24, 2.45) is 11.8 Å². The van der Waals surface area contributed by atoms with Crippen molar-refractivity contribution in [1.29, 1.82) is 0 Å². The number of nitrogens with one attached hydrogen (secondary N) is 1. The minimum atomic E-state index is 0.139. The summed E-state index contributed by atoms with van der Waals surface area (Å²) in [5, 5.41) is 0. The van der Waals surface area contributed by atoms with E-state index in [1.807, 2.05) is 12.3 Å². The van der Waals surface area contributed by atoms with Crippen molar-refractivity contribution in [2.45, 2.75) is 19.9 Å². The molecule has 138 valence electrons. The molecule has 6 heteroatoms. The zero-order valence-corrected chi connectivity index (χ0v) is 15.6. The van der Waals surface area contributed by atoms with Crippen LogP contribution in [0.15, 0.2) is 42.9 Å². The summed E-state index contributed by atoms with van der Waals surface area (Å²) in [4.78, 5) is 29.0. The number of aromatic amines is 1. The van der Waals surface area contributed by atoms with Crippen LogP contribution in [0.4, 0.5) is 5.82 Å². The van der Waals surface area contributed by atoms with Gasteiger partial charge in [0, 0.05) is 44.6 Å². The zero-order valence-electron chi connectivity index (χ0n) is 15.6. The van der Waals surface area contributed by atoms with E-state index < -0.39 is 0 Å². The summed E-state index contributed by atoms with van der Waals surface area (Å²) in [7, 11) is 0. The maximum atomic E-state index is 12.4. The largest absolute Gasteiger partial charge is 0.357 e. The van der Waals surface area contributed by atoms with E-state index in [4.69, 9.17) is 0 Å². The van der Waals surface area contributed by atoms with Crippen LogP contribution in [0.25, 0.3) is 11.0 Å². The molecular formula is C21H23N5O. The van der Waals surface area contributed by atoms with Crippen molar-refractivity contribution < 1.29 is 4.79 Å². The second kappa shape index (κ2) is 6.08. The molecule has 0 spiro atoms. The van der Waals surface area contributed by atoms with Crippen molar-refractivity contribution in [1.82, 2.24) is 19.9 Å². The van der Waals surface area contributed by atoms with Crippen LogP contribution < -0.4 is 4.90 Å². The Balaban J connectivity index is 1.51. The van der Waals surface area contributed by atoms with Gasteiger partial charge in [-0.05, 0) is 24.1 Å². The first-order valence-electron chi connectivity index (χ1n) is 9.49. The number of H-pyrrole nitrogens is 1. The standard InChI is InChI=1S/C21H23N5O/c1-13-5-3-4-6-16(13)20-17-11-25(9-15(17)10-26(20)14(2)27)21-19-18(7-8-22-19)23-12-24-21/h3-8,12,15,17,20,22H,9-11H2,1-2H3/t15-,17-,20-/m1/s1. The maximum Gasteiger partial charge on any atom is 0.219 e. The number of rotatable bonds is 2. The van der Waals surface area contributed by atoms with Gasteiger partial charge >= 0.3 is 0 Å². The smallest absolute Gasteiger partial charge is 0.219 e. The molecule has 0 saturated carbocycles. The topological polar surface area (TPSA) is 65.1 Å². The van der Waals surface area contributed by atoms with Gasteiger partial charge in [-0.3, -0.25) is 4.79 Å². The number of benzene rings is 1. The van der Waals surface area contributed by atoms with Gasteiger partial charge in [0.05, 0.1) is 11.6 Å². The van der Waals surface area contributed by atoms with Crippen LogP contribution in [-0.4, -0.2) is 45.4 Å². The third-order valence-corrected chi connectivity index (χ3v) is 6.20. The minimum Gasteiger partial charge on any atom is -0.357 e. The van der Waals surface area contributed by atoms with E-state index in [-0.39, 0.29) is 11.9 Å². The van der Waals surface area contributed by atoms with Crippen LogP contribution in [0.3, 0.4) is 0 Å². The molecule has 2 saturated heterocycles. The number of amides is 1. The Morgan fingerprint density at radius 3 is 2.81 bits per heavy atom. The summed E-state index contributed by atoms with van der Waals surface area (Å²) in [5.41, 5.74) is 4.46. The summed E-state index contributed by atoms with van der Waals surface area (Å²) in [6.45, 7) is 6.46. The van der Waals surface area contributed by atoms with Crippen molar-refractivity contribution in [3.8, 4) is 0 Å². The number of carbonyl (C=O) groups excluding carboxylic acids is 1. The number of hydrogen-bond donors (Lipinski definition) is 1. The Bertz CT molecular complexity index is 1010. The number of aromatic nitrogens is 3. The fourth-order valence-corrected chi connectivity index (χ4v) is 4.96. The van der Waals surface area contributed by atoms with Crippen molar-refractivity contribution >= 4 is 22.8 Å². The van der Waals surface area contributed by atoms with E-state index in [0.29, 0.717) is 11.8 Å². The summed E-state index contributed by atoms with van der Waals surface area (Å²) in [6, 6.07) is 10.6. The third-order valence-electron chi connectivity index (χ3n) is 6.20. The highest BCUT2D eigenvalue weighted by Gasteiger charge is 2.49. The number of likely N-dealkylation sites (tertiary alicyclic amines) is 1. The second-order valence-electron chi connectivity index (χ2n) is 7.74. The fraction of sp³-hybridized carbons (Fsp3) is 0.381. The average molecular weight is 361 g/mol. The molecule has 0 unspecified atom stereocenters. The molecule has 27 heavy (non-hydrogen) atoms. The lowest BCUT2D eigenvalue weighted by Crippen LogP contribution is -2.34. The van der Waals surface area contributed by atoms with E-state index in [1.54, 1.807) is 13.3 Å². The van der Waals surface area contributed by atoms with Crippen LogP contribution in [-0.2, 0) is 4.79 Å². The predicted octanol–water partition coefficient (Wildman–Crippen LogP) is 2.92. The van der Waals surface area contributed by atoms with Crippen molar-refractivity contribution in [3.05, 3.63) is 54.0 Å². The molecule has 0 radical (unpaired) electrons. The highest BCUT2D eigenvalue weighted by Crippen LogP contribution is 2.46. The van der Waals surface area contributed by atoms with Gasteiger partial charge in [0.1, 0.15) is 11.8 Å². The molecule has 0 aliphatic carbocycles. The molecule has 1 aromatic carbocycles. The predicted molar refractivity (Wildman–Crippen MR) is 104 cm³/mol. The van der Waals surface area contributed by atoms with E-state index in [1.165, 1.54) is 11.1 Å². The van der Waals surface area contributed by atoms with Gasteiger partial charge in [0.15, 0.2) is 5.82 Å². The first-order chi connectivity index (χ1) is 13.1. The van der Waals surface area contributed by atoms with Crippen LogP contribution in [0.2, 0.25) is 0 Å². The molecule has 4 heterocycles. The summed E-state index contributed by atoms with van der Waals surface area (Å²) >= 11 is 0. The lowest BCUT2D eigenvalue weighted by atomic mass is 9.87. The molecular weight excluding hydrogens is 338 g/mol. The Morgan fingerprint density at radius 2 is 2.00 bits per heavy atom. The van der Waals surface area contributed by atoms with E-state index in [9.17, 15) is 4.79 Å². The molecule has 2 fully saturated rings. The molecule has 2 aliphatic heterocycles. The molecule has 3 aromatic rings. The highest BCUT2D eigenvalue weighted by molar-refractivity contribution is 5.86. The van der Waals surface area contributed by atoms with Crippen LogP contribution in [0.5, 0.6) is 0 Å². The minimum absolute atomic E-state index is 0.139. The van der Waals surface area contributed by atoms with E-state index in [0.717, 1.165) is 36.5 Å². The number of carbonyl (C=O) groups is 1. The first-order valence-corrected chi connectivity index (χ1v) is 9.49. The molecule has 5 rings (SSSR count). The fourth-order valence-electron chi connectivity index (χ4n) is 4.96. The normalized spacial score (nSPS) is 24.6. The second-order valence-corrected chi connectivity index (χ2v) is 7.74. The lowest BCUT2D eigenvalue weighted by molar-refractivity contribution is -0.130. The van der Waals surface area contributed by atoms with Crippen LogP contribution in [0, 0.1) is 18.8 Å². The number of aryl methyl sites for hydroxylation is 1. The van der Waals surface area contributed by atoms with Crippen molar-refractivity contribution in [2.75, 3.05) is 24.5 Å². The number of hydrogen-bond acceptors (Lipinski definition) is 4. The van der Waals surface area contributed by atoms with Gasteiger partial charge < -0.3 is 14.8 Å². The summed E-state index contributed by atoms with van der Waals surface area (Å²) < 4.78 is 0. The van der Waals surface area contributed by atoms with Crippen LogP contribution in [0.1, 0.15) is 24.1 Å². The number of nitrogens with zero attached hydrogens (tertiary/aromatic N) is 4. The molecule has 3 atom stereocenters. The first kappa shape index (κ1) is 16.3. The Morgan fingerprint density at radius 1 is 1.15 bits per heavy atom. The third kappa shape index (κ3) is 2.51. The highest BCUT2D eigenvalue weighted by atomic mass is 16.2. The zero-order chi connectivity index (χ0) is 18.5. The van der Waals surface area contributed by atoms with Crippen LogP contribution >= 0.6 is 0 Å². The molecule has 2 aromatic heterocycles. The molecule has 0 bridgehead atoms. The van der Waals surface area contributed by atoms with Gasteiger partial charge in [0.25, 0.3) is 0 Å². The van der Waals surface area contributed by atoms with Gasteiger partial charge in [-0.25, -0.2) is 9.97 Å². The number of fused-ring (bicyclic) bond motifs is 2. The Labute approximate surface area is 158 Å². The van der Waals surface area contributed by atoms with Gasteiger partial charge in [-0.1, -0.05) is 24.3 Å². The SMILES string of the molecule is CC(=O)N1C[C@H]2CN(c3ncnc4cc[nH]c34)C[C@H]2[C@H]1c1ccccc1C. The average Bonchev–Trinajstić information content (AvgIpc) is 3.35. The quantitative estimate of drug-likeness (QED) is 0.762. The van der Waals surface area contributed by atoms with E-state index >= 15 is 0 Å². The molecule has 1 N–H and O–H groups in total. The maximum absolute atomic E-state index is 12.4. The van der Waals surface area contributed by atoms with Gasteiger partial charge in [-0.2, -0.15) is 0 Å². The Hall–Kier alpha value is -2.89. The van der Waals surface area contributed by atoms with Gasteiger partial charge in [-0.15, -0.1) is 0 Å². The van der Waals surface area contributed by atoms with Crippen molar-refractivity contribution in [3.63, 3.8) is 0 Å². The Kier molecular flexibility index (Phi) is 3.67. The molecule has 2 aliphatic rings. The lowest BCUT2D eigenvalue weighted by Gasteiger charge is -2.30. The molecule has 6 nitrogen and oxygen atoms in total. The molecule has 1 amide bonds. The summed E-state index contributed by atoms with van der Waals surface area (Å²) in [5.74, 6) is 2.00. The van der Waals surface area contributed by atoms with E-state index in [2.05, 4.69) is 55.9 Å². The monoisotopic (exact) mass is 361 g/mol. The number of anilines is 1.